The number of aldehydes is 1. The third-order valence-corrected chi connectivity index (χ3v) is 4.08. The van der Waals surface area contributed by atoms with Crippen LogP contribution in [0, 0.1) is 0 Å². The van der Waals surface area contributed by atoms with Gasteiger partial charge in [-0.25, -0.2) is 0 Å². The van der Waals surface area contributed by atoms with Crippen LogP contribution in [0.2, 0.25) is 0 Å². The zero-order valence-corrected chi connectivity index (χ0v) is 11.5. The van der Waals surface area contributed by atoms with Gasteiger partial charge < -0.3 is 4.42 Å². The third-order valence-electron chi connectivity index (χ3n) is 3.17. The highest BCUT2D eigenvalue weighted by molar-refractivity contribution is 7.86. The van der Waals surface area contributed by atoms with E-state index < -0.39 is 10.1 Å². The summed E-state index contributed by atoms with van der Waals surface area (Å²) in [5, 5.41) is 1.00. The van der Waals surface area contributed by atoms with Gasteiger partial charge in [-0.3, -0.25) is 9.35 Å². The number of benzene rings is 2. The first-order chi connectivity index (χ1) is 10.0. The summed E-state index contributed by atoms with van der Waals surface area (Å²) in [6, 6.07) is 12.8. The van der Waals surface area contributed by atoms with Crippen molar-refractivity contribution < 1.29 is 22.2 Å². The second kappa shape index (κ2) is 4.83. The minimum absolute atomic E-state index is 0.163. The number of carbonyl (C=O) groups excluding carboxylic acids is 1. The van der Waals surface area contributed by atoms with Gasteiger partial charge in [0.15, 0.2) is 12.0 Å². The second-order valence-electron chi connectivity index (χ2n) is 4.45. The average molecular weight is 302 g/mol. The van der Waals surface area contributed by atoms with Gasteiger partial charge in [-0.1, -0.05) is 24.3 Å². The zero-order chi connectivity index (χ0) is 15.0. The molecule has 6 heteroatoms. The molecule has 3 rings (SSSR count). The number of rotatable bonds is 3. The molecule has 3 aromatic rings. The van der Waals surface area contributed by atoms with Crippen molar-refractivity contribution in [3.05, 3.63) is 54.3 Å². The van der Waals surface area contributed by atoms with Crippen molar-refractivity contribution in [2.45, 2.75) is 4.90 Å². The first-order valence-corrected chi connectivity index (χ1v) is 7.49. The Morgan fingerprint density at radius 2 is 1.67 bits per heavy atom. The first kappa shape index (κ1) is 13.5. The minimum atomic E-state index is -4.31. The molecule has 0 atom stereocenters. The maximum Gasteiger partial charge on any atom is 0.295 e. The van der Waals surface area contributed by atoms with E-state index in [1.807, 2.05) is 0 Å². The molecule has 0 spiro atoms. The molecular weight excluding hydrogens is 292 g/mol. The molecule has 0 bridgehead atoms. The van der Waals surface area contributed by atoms with E-state index in [1.54, 1.807) is 36.4 Å². The van der Waals surface area contributed by atoms with Crippen molar-refractivity contribution in [2.24, 2.45) is 0 Å². The lowest BCUT2D eigenvalue weighted by Crippen LogP contribution is -1.99. The first-order valence-electron chi connectivity index (χ1n) is 6.05. The largest absolute Gasteiger partial charge is 0.453 e. The van der Waals surface area contributed by atoms with E-state index in [0.29, 0.717) is 28.4 Å². The molecule has 106 valence electrons. The highest BCUT2D eigenvalue weighted by Crippen LogP contribution is 2.33. The average Bonchev–Trinajstić information content (AvgIpc) is 2.93. The summed E-state index contributed by atoms with van der Waals surface area (Å²) in [4.78, 5) is 10.5. The summed E-state index contributed by atoms with van der Waals surface area (Å²) in [7, 11) is -4.31. The highest BCUT2D eigenvalue weighted by Gasteiger charge is 2.17. The van der Waals surface area contributed by atoms with Gasteiger partial charge in [-0.15, -0.1) is 0 Å². The van der Waals surface area contributed by atoms with Gasteiger partial charge in [0.2, 0.25) is 0 Å². The SMILES string of the molecule is O=Cc1ccc(-c2ccc(S(=O)(=O)O)c3ccccc23)o1. The molecule has 0 fully saturated rings. The minimum Gasteiger partial charge on any atom is -0.453 e. The van der Waals surface area contributed by atoms with E-state index in [1.165, 1.54) is 12.1 Å². The molecule has 0 aliphatic heterocycles. The Morgan fingerprint density at radius 1 is 0.952 bits per heavy atom. The third kappa shape index (κ3) is 2.35. The Labute approximate surface area is 120 Å². The number of fused-ring (bicyclic) bond motifs is 1. The molecule has 0 saturated heterocycles. The van der Waals surface area contributed by atoms with Crippen LogP contribution in [0.25, 0.3) is 22.1 Å². The van der Waals surface area contributed by atoms with Crippen LogP contribution in [0.4, 0.5) is 0 Å². The van der Waals surface area contributed by atoms with Crippen LogP contribution < -0.4 is 0 Å². The molecule has 1 N–H and O–H groups in total. The predicted molar refractivity (Wildman–Crippen MR) is 76.9 cm³/mol. The summed E-state index contributed by atoms with van der Waals surface area (Å²) in [6.45, 7) is 0. The number of hydrogen-bond donors (Lipinski definition) is 1. The smallest absolute Gasteiger partial charge is 0.295 e. The van der Waals surface area contributed by atoms with Crippen LogP contribution in [-0.4, -0.2) is 19.3 Å². The van der Waals surface area contributed by atoms with Gasteiger partial charge >= 0.3 is 0 Å². The van der Waals surface area contributed by atoms with Gasteiger partial charge in [-0.2, -0.15) is 8.42 Å². The maximum absolute atomic E-state index is 11.4. The summed E-state index contributed by atoms with van der Waals surface area (Å²) in [5.41, 5.74) is 0.645. The van der Waals surface area contributed by atoms with Gasteiger partial charge in [0.1, 0.15) is 10.7 Å². The number of furan rings is 1. The van der Waals surface area contributed by atoms with Crippen molar-refractivity contribution in [1.82, 2.24) is 0 Å². The van der Waals surface area contributed by atoms with E-state index in [2.05, 4.69) is 0 Å². The van der Waals surface area contributed by atoms with Crippen LogP contribution >= 0.6 is 0 Å². The molecule has 0 aliphatic rings. The molecule has 1 heterocycles. The molecule has 0 saturated carbocycles. The molecule has 0 radical (unpaired) electrons. The van der Waals surface area contributed by atoms with Crippen LogP contribution in [-0.2, 0) is 10.1 Å². The van der Waals surface area contributed by atoms with Gasteiger partial charge in [0.25, 0.3) is 10.1 Å². The number of hydrogen-bond acceptors (Lipinski definition) is 4. The van der Waals surface area contributed by atoms with E-state index in [-0.39, 0.29) is 10.7 Å². The molecule has 0 unspecified atom stereocenters. The standard InChI is InChI=1S/C15H10O5S/c16-9-10-5-7-14(20-10)12-6-8-15(21(17,18)19)13-4-2-1-3-11(12)13/h1-9H,(H,17,18,19). The molecule has 1 aromatic heterocycles. The summed E-state index contributed by atoms with van der Waals surface area (Å²) < 4.78 is 37.5. The monoisotopic (exact) mass is 302 g/mol. The van der Waals surface area contributed by atoms with Crippen LogP contribution in [0.15, 0.2) is 57.8 Å². The molecular formula is C15H10O5S. The van der Waals surface area contributed by atoms with Crippen LogP contribution in [0.5, 0.6) is 0 Å². The highest BCUT2D eigenvalue weighted by atomic mass is 32.2. The van der Waals surface area contributed by atoms with Crippen molar-refractivity contribution in [1.29, 1.82) is 0 Å². The van der Waals surface area contributed by atoms with Gasteiger partial charge in [0.05, 0.1) is 0 Å². The fraction of sp³-hybridized carbons (Fsp3) is 0. The van der Waals surface area contributed by atoms with Crippen molar-refractivity contribution in [2.75, 3.05) is 0 Å². The lowest BCUT2D eigenvalue weighted by atomic mass is 10.0. The Morgan fingerprint density at radius 3 is 2.29 bits per heavy atom. The fourth-order valence-corrected chi connectivity index (χ4v) is 2.97. The zero-order valence-electron chi connectivity index (χ0n) is 10.7. The predicted octanol–water partition coefficient (Wildman–Crippen LogP) is 3.16. The Kier molecular flexibility index (Phi) is 3.12. The van der Waals surface area contributed by atoms with E-state index in [9.17, 15) is 17.8 Å². The fourth-order valence-electron chi connectivity index (χ4n) is 2.27. The molecule has 0 amide bonds. The van der Waals surface area contributed by atoms with Crippen molar-refractivity contribution in [3.63, 3.8) is 0 Å². The Hall–Kier alpha value is -2.44. The summed E-state index contributed by atoms with van der Waals surface area (Å²) in [6.07, 6.45) is 0.595. The quantitative estimate of drug-likeness (QED) is 0.593. The molecule has 5 nitrogen and oxygen atoms in total. The number of carbonyl (C=O) groups is 1. The second-order valence-corrected chi connectivity index (χ2v) is 5.84. The van der Waals surface area contributed by atoms with Gasteiger partial charge in [0, 0.05) is 10.9 Å². The molecule has 2 aromatic carbocycles. The normalized spacial score (nSPS) is 11.7. The van der Waals surface area contributed by atoms with Gasteiger partial charge in [-0.05, 0) is 29.7 Å². The summed E-state index contributed by atoms with van der Waals surface area (Å²) >= 11 is 0. The van der Waals surface area contributed by atoms with E-state index in [4.69, 9.17) is 4.42 Å². The van der Waals surface area contributed by atoms with Crippen molar-refractivity contribution in [3.8, 4) is 11.3 Å². The molecule has 0 aliphatic carbocycles. The van der Waals surface area contributed by atoms with Crippen molar-refractivity contribution >= 4 is 27.2 Å². The molecule has 21 heavy (non-hydrogen) atoms. The van der Waals surface area contributed by atoms with Crippen LogP contribution in [0.3, 0.4) is 0 Å². The Balaban J connectivity index is 2.34. The van der Waals surface area contributed by atoms with Crippen LogP contribution in [0.1, 0.15) is 10.6 Å². The lowest BCUT2D eigenvalue weighted by Gasteiger charge is -2.07. The lowest BCUT2D eigenvalue weighted by molar-refractivity contribution is 0.110. The van der Waals surface area contributed by atoms with E-state index in [0.717, 1.165) is 0 Å². The summed E-state index contributed by atoms with van der Waals surface area (Å²) in [5.74, 6) is 0.642. The topological polar surface area (TPSA) is 84.6 Å². The maximum atomic E-state index is 11.4. The van der Waals surface area contributed by atoms with E-state index >= 15 is 0 Å². The Bertz CT molecular complexity index is 938.